The Kier molecular flexibility index (Phi) is 7.06. The van der Waals surface area contributed by atoms with Gasteiger partial charge in [0, 0.05) is 18.0 Å². The van der Waals surface area contributed by atoms with Gasteiger partial charge in [-0.15, -0.1) is 0 Å². The number of rotatable bonds is 6. The zero-order valence-corrected chi connectivity index (χ0v) is 20.5. The maximum absolute atomic E-state index is 12.7. The van der Waals surface area contributed by atoms with Crippen LogP contribution in [-0.4, -0.2) is 30.6 Å². The number of ether oxygens (including phenoxy) is 2. The quantitative estimate of drug-likeness (QED) is 0.461. The van der Waals surface area contributed by atoms with Gasteiger partial charge in [-0.25, -0.2) is 9.78 Å². The van der Waals surface area contributed by atoms with Crippen LogP contribution < -0.4 is 9.64 Å². The van der Waals surface area contributed by atoms with Gasteiger partial charge in [0.15, 0.2) is 0 Å². The average Bonchev–Trinajstić information content (AvgIpc) is 2.76. The van der Waals surface area contributed by atoms with Crippen LogP contribution in [0.1, 0.15) is 61.8 Å². The van der Waals surface area contributed by atoms with Crippen molar-refractivity contribution in [2.24, 2.45) is 0 Å². The number of benzene rings is 2. The van der Waals surface area contributed by atoms with Crippen LogP contribution in [0.15, 0.2) is 42.5 Å². The molecule has 0 radical (unpaired) electrons. The van der Waals surface area contributed by atoms with Crippen molar-refractivity contribution in [1.82, 2.24) is 4.98 Å². The number of nitrogens with zero attached hydrogens (tertiary/aromatic N) is 2. The lowest BCUT2D eigenvalue weighted by molar-refractivity contribution is -0.116. The lowest BCUT2D eigenvalue weighted by Crippen LogP contribution is -2.28. The molecule has 0 aliphatic rings. The largest absolute Gasteiger partial charge is 0.497 e. The number of aryl methyl sites for hydroxylation is 1. The molecular weight excluding hydrogens is 416 g/mol. The number of esters is 1. The fourth-order valence-corrected chi connectivity index (χ4v) is 3.81. The zero-order chi connectivity index (χ0) is 24.3. The highest BCUT2D eigenvalue weighted by molar-refractivity contribution is 5.98. The first-order valence-electron chi connectivity index (χ1n) is 11.1. The first kappa shape index (κ1) is 24.2. The molecule has 0 spiro atoms. The Bertz CT molecular complexity index is 1180. The second kappa shape index (κ2) is 9.61. The number of carbonyl (C=O) groups is 2. The topological polar surface area (TPSA) is 68.7 Å². The molecule has 0 N–H and O–H groups in total. The van der Waals surface area contributed by atoms with Gasteiger partial charge >= 0.3 is 5.97 Å². The van der Waals surface area contributed by atoms with Crippen molar-refractivity contribution in [2.45, 2.75) is 53.5 Å². The molecule has 6 heteroatoms. The van der Waals surface area contributed by atoms with Crippen molar-refractivity contribution >= 4 is 28.5 Å². The standard InChI is InChI=1S/C27H32N2O4/c1-8-33-26(31)24-13-17(2)22-14-20(15-23(25(22)28-24)27(4,5)6)29(18(3)30)16-19-9-11-21(32-7)12-10-19/h9-15H,8,16H2,1-7H3. The monoisotopic (exact) mass is 448 g/mol. The van der Waals surface area contributed by atoms with Gasteiger partial charge in [0.2, 0.25) is 5.91 Å². The van der Waals surface area contributed by atoms with Crippen LogP contribution in [0.25, 0.3) is 10.9 Å². The highest BCUT2D eigenvalue weighted by Gasteiger charge is 2.24. The normalized spacial score (nSPS) is 11.4. The second-order valence-corrected chi connectivity index (χ2v) is 9.14. The molecule has 0 aliphatic heterocycles. The van der Waals surface area contributed by atoms with E-state index in [1.807, 2.05) is 43.3 Å². The van der Waals surface area contributed by atoms with Crippen molar-refractivity contribution in [3.63, 3.8) is 0 Å². The second-order valence-electron chi connectivity index (χ2n) is 9.14. The molecule has 174 valence electrons. The SMILES string of the molecule is CCOC(=O)c1cc(C)c2cc(N(Cc3ccc(OC)cc3)C(C)=O)cc(C(C)(C)C)c2n1. The van der Waals surface area contributed by atoms with Crippen molar-refractivity contribution in [2.75, 3.05) is 18.6 Å². The average molecular weight is 449 g/mol. The van der Waals surface area contributed by atoms with Crippen molar-refractivity contribution in [1.29, 1.82) is 0 Å². The Balaban J connectivity index is 2.16. The third-order valence-corrected chi connectivity index (χ3v) is 5.59. The summed E-state index contributed by atoms with van der Waals surface area (Å²) in [4.78, 5) is 31.5. The van der Waals surface area contributed by atoms with Gasteiger partial charge in [0.25, 0.3) is 0 Å². The molecule has 0 unspecified atom stereocenters. The third kappa shape index (κ3) is 5.33. The van der Waals surface area contributed by atoms with Gasteiger partial charge in [0.05, 0.1) is 25.8 Å². The first-order chi connectivity index (χ1) is 15.5. The van der Waals surface area contributed by atoms with Crippen molar-refractivity contribution in [3.05, 3.63) is 64.8 Å². The van der Waals surface area contributed by atoms with E-state index in [0.717, 1.165) is 39.0 Å². The van der Waals surface area contributed by atoms with E-state index < -0.39 is 5.97 Å². The van der Waals surface area contributed by atoms with Crippen molar-refractivity contribution < 1.29 is 19.1 Å². The van der Waals surface area contributed by atoms with E-state index >= 15 is 0 Å². The molecule has 0 fully saturated rings. The molecule has 1 amide bonds. The molecule has 33 heavy (non-hydrogen) atoms. The van der Waals surface area contributed by atoms with Crippen LogP contribution in [0.4, 0.5) is 5.69 Å². The smallest absolute Gasteiger partial charge is 0.356 e. The molecule has 0 aliphatic carbocycles. The minimum Gasteiger partial charge on any atom is -0.497 e. The lowest BCUT2D eigenvalue weighted by atomic mass is 9.84. The van der Waals surface area contributed by atoms with Crippen LogP contribution in [0.5, 0.6) is 5.75 Å². The first-order valence-corrected chi connectivity index (χ1v) is 11.1. The fourth-order valence-electron chi connectivity index (χ4n) is 3.81. The van der Waals surface area contributed by atoms with E-state index in [-0.39, 0.29) is 11.3 Å². The summed E-state index contributed by atoms with van der Waals surface area (Å²) in [5.74, 6) is 0.281. The molecule has 0 bridgehead atoms. The molecular formula is C27H32N2O4. The van der Waals surface area contributed by atoms with Crippen LogP contribution in [0.2, 0.25) is 0 Å². The summed E-state index contributed by atoms with van der Waals surface area (Å²) < 4.78 is 10.4. The van der Waals surface area contributed by atoms with E-state index in [9.17, 15) is 9.59 Å². The van der Waals surface area contributed by atoms with Gasteiger partial charge in [0.1, 0.15) is 11.4 Å². The highest BCUT2D eigenvalue weighted by atomic mass is 16.5. The van der Waals surface area contributed by atoms with E-state index in [4.69, 9.17) is 9.47 Å². The maximum Gasteiger partial charge on any atom is 0.356 e. The number of amides is 1. The summed E-state index contributed by atoms with van der Waals surface area (Å²) in [7, 11) is 1.63. The molecule has 0 saturated heterocycles. The number of methoxy groups -OCH3 is 1. The van der Waals surface area contributed by atoms with Crippen LogP contribution in [-0.2, 0) is 21.5 Å². The summed E-state index contributed by atoms with van der Waals surface area (Å²) in [6.45, 7) is 12.3. The number of hydrogen-bond donors (Lipinski definition) is 0. The molecule has 3 rings (SSSR count). The minimum absolute atomic E-state index is 0.0567. The predicted molar refractivity (Wildman–Crippen MR) is 131 cm³/mol. The van der Waals surface area contributed by atoms with E-state index in [0.29, 0.717) is 18.8 Å². The Labute approximate surface area is 195 Å². The number of anilines is 1. The molecule has 3 aromatic rings. The summed E-state index contributed by atoms with van der Waals surface area (Å²) in [5.41, 5.74) is 4.45. The zero-order valence-electron chi connectivity index (χ0n) is 20.5. The number of pyridine rings is 1. The molecule has 0 atom stereocenters. The van der Waals surface area contributed by atoms with E-state index in [1.165, 1.54) is 0 Å². The van der Waals surface area contributed by atoms with Gasteiger partial charge in [-0.3, -0.25) is 4.79 Å². The van der Waals surface area contributed by atoms with E-state index in [2.05, 4.69) is 25.8 Å². The van der Waals surface area contributed by atoms with Gasteiger partial charge < -0.3 is 14.4 Å². The molecule has 0 saturated carbocycles. The third-order valence-electron chi connectivity index (χ3n) is 5.59. The minimum atomic E-state index is -0.434. The highest BCUT2D eigenvalue weighted by Crippen LogP contribution is 2.35. The number of fused-ring (bicyclic) bond motifs is 1. The Hall–Kier alpha value is -3.41. The molecule has 2 aromatic carbocycles. The van der Waals surface area contributed by atoms with Gasteiger partial charge in [-0.1, -0.05) is 32.9 Å². The van der Waals surface area contributed by atoms with Crippen LogP contribution in [0, 0.1) is 6.92 Å². The number of carbonyl (C=O) groups excluding carboxylic acids is 2. The summed E-state index contributed by atoms with van der Waals surface area (Å²) in [6, 6.07) is 13.4. The predicted octanol–water partition coefficient (Wildman–Crippen LogP) is 5.58. The summed E-state index contributed by atoms with van der Waals surface area (Å²) >= 11 is 0. The summed E-state index contributed by atoms with van der Waals surface area (Å²) in [5, 5.41) is 0.909. The van der Waals surface area contributed by atoms with Crippen LogP contribution in [0.3, 0.4) is 0 Å². The molecule has 1 heterocycles. The molecule has 6 nitrogen and oxygen atoms in total. The van der Waals surface area contributed by atoms with Crippen LogP contribution >= 0.6 is 0 Å². The van der Waals surface area contributed by atoms with E-state index in [1.54, 1.807) is 31.9 Å². The molecule has 1 aromatic heterocycles. The Morgan fingerprint density at radius 1 is 1.06 bits per heavy atom. The maximum atomic E-state index is 12.7. The van der Waals surface area contributed by atoms with Crippen molar-refractivity contribution in [3.8, 4) is 5.75 Å². The summed E-state index contributed by atoms with van der Waals surface area (Å²) in [6.07, 6.45) is 0. The Morgan fingerprint density at radius 2 is 1.73 bits per heavy atom. The number of hydrogen-bond acceptors (Lipinski definition) is 5. The number of aromatic nitrogens is 1. The fraction of sp³-hybridized carbons (Fsp3) is 0.370. The Morgan fingerprint density at radius 3 is 2.27 bits per heavy atom. The van der Waals surface area contributed by atoms with Gasteiger partial charge in [-0.05, 0) is 66.3 Å². The van der Waals surface area contributed by atoms with Gasteiger partial charge in [-0.2, -0.15) is 0 Å². The lowest BCUT2D eigenvalue weighted by Gasteiger charge is -2.27.